The number of carbonyl (C=O) groups excluding carboxylic acids is 6. The minimum absolute atomic E-state index is 0.0129. The van der Waals surface area contributed by atoms with Gasteiger partial charge in [-0.15, -0.1) is 0 Å². The number of aliphatic carboxylic acids is 2. The van der Waals surface area contributed by atoms with Gasteiger partial charge in [0.1, 0.15) is 30.2 Å². The molecule has 0 radical (unpaired) electrons. The first-order chi connectivity index (χ1) is 25.7. The van der Waals surface area contributed by atoms with Crippen molar-refractivity contribution in [1.82, 2.24) is 31.9 Å². The Hall–Kier alpha value is -5.22. The smallest absolute Gasteiger partial charge is 0.326 e. The van der Waals surface area contributed by atoms with Crippen molar-refractivity contribution >= 4 is 47.4 Å². The molecule has 0 heterocycles. The van der Waals surface area contributed by atoms with Gasteiger partial charge in [-0.1, -0.05) is 30.3 Å². The average molecular weight is 768 g/mol. The van der Waals surface area contributed by atoms with Crippen LogP contribution >= 0.6 is 0 Å². The SMILES string of the molecule is NCCCC[C@H](NC(=O)[C@H](Cc1ccccc1)NC(=O)[C@H](CO)NC(=O)[C@H](CCCCN)NC(=O)CNC(=O)[C@H](CO)NC(=O)[C@@H](N)CC(=O)O)C(=O)O. The molecule has 54 heavy (non-hydrogen) atoms. The van der Waals surface area contributed by atoms with Crippen LogP contribution in [0.25, 0.3) is 0 Å². The van der Waals surface area contributed by atoms with Crippen molar-refractivity contribution in [3.63, 3.8) is 0 Å². The number of aliphatic hydroxyl groups excluding tert-OH is 2. The first-order valence-corrected chi connectivity index (χ1v) is 17.3. The molecule has 1 aromatic rings. The van der Waals surface area contributed by atoms with Crippen LogP contribution in [-0.2, 0) is 44.8 Å². The first-order valence-electron chi connectivity index (χ1n) is 17.3. The molecule has 21 heteroatoms. The molecule has 0 aliphatic heterocycles. The summed E-state index contributed by atoms with van der Waals surface area (Å²) in [5.41, 5.74) is 17.1. The molecule has 21 nitrogen and oxygen atoms in total. The number of carboxylic acid groups (broad SMARTS) is 2. The van der Waals surface area contributed by atoms with Crippen LogP contribution in [0.2, 0.25) is 0 Å². The Morgan fingerprint density at radius 1 is 0.593 bits per heavy atom. The largest absolute Gasteiger partial charge is 0.481 e. The van der Waals surface area contributed by atoms with Crippen molar-refractivity contribution in [1.29, 1.82) is 0 Å². The number of nitrogens with two attached hydrogens (primary N) is 3. The van der Waals surface area contributed by atoms with Crippen LogP contribution in [0.15, 0.2) is 30.3 Å². The summed E-state index contributed by atoms with van der Waals surface area (Å²) in [5, 5.41) is 51.9. The fourth-order valence-corrected chi connectivity index (χ4v) is 4.87. The predicted octanol–water partition coefficient (Wildman–Crippen LogP) is -5.10. The quantitative estimate of drug-likeness (QED) is 0.0373. The normalized spacial score (nSPS) is 14.2. The van der Waals surface area contributed by atoms with Crippen LogP contribution in [0.5, 0.6) is 0 Å². The number of hydrogen-bond donors (Lipinski definition) is 13. The maximum Gasteiger partial charge on any atom is 0.326 e. The molecule has 1 aromatic carbocycles. The molecule has 6 amide bonds. The fourth-order valence-electron chi connectivity index (χ4n) is 4.87. The van der Waals surface area contributed by atoms with Crippen LogP contribution in [0.4, 0.5) is 0 Å². The summed E-state index contributed by atoms with van der Waals surface area (Å²) in [6.07, 6.45) is 1.02. The van der Waals surface area contributed by atoms with Gasteiger partial charge in [0.05, 0.1) is 32.2 Å². The van der Waals surface area contributed by atoms with Gasteiger partial charge in [0.2, 0.25) is 35.4 Å². The molecular weight excluding hydrogens is 714 g/mol. The molecule has 1 rings (SSSR count). The van der Waals surface area contributed by atoms with Gasteiger partial charge in [-0.25, -0.2) is 4.79 Å². The summed E-state index contributed by atoms with van der Waals surface area (Å²) in [4.78, 5) is 100.0. The predicted molar refractivity (Wildman–Crippen MR) is 191 cm³/mol. The van der Waals surface area contributed by atoms with Crippen molar-refractivity contribution < 1.29 is 58.8 Å². The Kier molecular flexibility index (Phi) is 22.3. The van der Waals surface area contributed by atoms with Crippen LogP contribution in [0, 0.1) is 0 Å². The van der Waals surface area contributed by atoms with Crippen LogP contribution in [0.1, 0.15) is 50.5 Å². The highest BCUT2D eigenvalue weighted by Gasteiger charge is 2.32. The molecule has 0 aliphatic carbocycles. The second-order valence-corrected chi connectivity index (χ2v) is 12.2. The number of nitrogens with one attached hydrogen (secondary N) is 6. The standard InChI is InChI=1S/C33H53N9O12/c34-12-6-4-10-21(38-26(45)16-37-29(49)24(17-43)41-28(48)20(36)15-27(46)47)30(50)42-25(18-44)32(52)40-23(14-19-8-2-1-3-9-19)31(51)39-22(33(53)54)11-5-7-13-35/h1-3,8-9,20-25,43-44H,4-7,10-18,34-36H2,(H,37,49)(H,38,45)(H,39,51)(H,40,52)(H,41,48)(H,42,50)(H,46,47)(H,53,54)/t20-,21-,22-,23-,24-,25-/m0/s1. The lowest BCUT2D eigenvalue weighted by molar-refractivity contribution is -0.142. The lowest BCUT2D eigenvalue weighted by Gasteiger charge is -2.25. The number of amides is 6. The number of hydrogen-bond acceptors (Lipinski definition) is 13. The van der Waals surface area contributed by atoms with Gasteiger partial charge in [-0.2, -0.15) is 0 Å². The molecule has 0 bridgehead atoms. The van der Waals surface area contributed by atoms with Gasteiger partial charge in [0.15, 0.2) is 0 Å². The third-order valence-electron chi connectivity index (χ3n) is 7.86. The summed E-state index contributed by atoms with van der Waals surface area (Å²) >= 11 is 0. The summed E-state index contributed by atoms with van der Waals surface area (Å²) in [6, 6.07) is -0.138. The lowest BCUT2D eigenvalue weighted by Crippen LogP contribution is -2.59. The zero-order valence-electron chi connectivity index (χ0n) is 29.8. The van der Waals surface area contributed by atoms with Gasteiger partial charge >= 0.3 is 11.9 Å². The highest BCUT2D eigenvalue weighted by Crippen LogP contribution is 2.08. The van der Waals surface area contributed by atoms with Crippen molar-refractivity contribution in [2.45, 2.75) is 87.6 Å². The topological polar surface area (TPSA) is 368 Å². The Bertz CT molecular complexity index is 1400. The summed E-state index contributed by atoms with van der Waals surface area (Å²) in [5.74, 6) is -8.34. The monoisotopic (exact) mass is 767 g/mol. The lowest BCUT2D eigenvalue weighted by atomic mass is 10.0. The van der Waals surface area contributed by atoms with E-state index in [1.54, 1.807) is 30.3 Å². The Morgan fingerprint density at radius 3 is 1.61 bits per heavy atom. The maximum atomic E-state index is 13.4. The zero-order valence-corrected chi connectivity index (χ0v) is 29.8. The van der Waals surface area contributed by atoms with Crippen LogP contribution < -0.4 is 49.1 Å². The number of aliphatic hydroxyl groups is 2. The molecule has 302 valence electrons. The van der Waals surface area contributed by atoms with E-state index in [4.69, 9.17) is 22.3 Å². The zero-order chi connectivity index (χ0) is 40.6. The van der Waals surface area contributed by atoms with Crippen molar-refractivity contribution in [2.24, 2.45) is 17.2 Å². The van der Waals surface area contributed by atoms with Crippen molar-refractivity contribution in [2.75, 3.05) is 32.8 Å². The second-order valence-electron chi connectivity index (χ2n) is 12.2. The molecule has 0 aliphatic rings. The number of unbranched alkanes of at least 4 members (excludes halogenated alkanes) is 2. The summed E-state index contributed by atoms with van der Waals surface area (Å²) in [7, 11) is 0. The highest BCUT2D eigenvalue weighted by molar-refractivity contribution is 5.96. The highest BCUT2D eigenvalue weighted by atomic mass is 16.4. The molecule has 0 saturated heterocycles. The van der Waals surface area contributed by atoms with Crippen LogP contribution in [-0.4, -0.2) is 137 Å². The summed E-state index contributed by atoms with van der Waals surface area (Å²) < 4.78 is 0. The molecule has 0 saturated carbocycles. The Labute approximate surface area is 311 Å². The first kappa shape index (κ1) is 46.8. The molecule has 0 unspecified atom stereocenters. The third-order valence-corrected chi connectivity index (χ3v) is 7.86. The van der Waals surface area contributed by atoms with E-state index in [1.165, 1.54) is 0 Å². The van der Waals surface area contributed by atoms with Gasteiger partial charge < -0.3 is 69.5 Å². The van der Waals surface area contributed by atoms with Gasteiger partial charge in [0.25, 0.3) is 0 Å². The van der Waals surface area contributed by atoms with E-state index < -0.39 is 110 Å². The molecule has 0 aromatic heterocycles. The van der Waals surface area contributed by atoms with Gasteiger partial charge in [-0.05, 0) is 57.2 Å². The maximum absolute atomic E-state index is 13.4. The molecule has 16 N–H and O–H groups in total. The van der Waals surface area contributed by atoms with Gasteiger partial charge in [-0.3, -0.25) is 33.6 Å². The van der Waals surface area contributed by atoms with E-state index in [0.29, 0.717) is 37.8 Å². The van der Waals surface area contributed by atoms with Crippen molar-refractivity contribution in [3.8, 4) is 0 Å². The van der Waals surface area contributed by atoms with Gasteiger partial charge in [0, 0.05) is 6.42 Å². The Balaban J connectivity index is 3.03. The van der Waals surface area contributed by atoms with Crippen molar-refractivity contribution in [3.05, 3.63) is 35.9 Å². The minimum Gasteiger partial charge on any atom is -0.481 e. The third kappa shape index (κ3) is 18.0. The van der Waals surface area contributed by atoms with E-state index in [2.05, 4.69) is 31.9 Å². The number of rotatable bonds is 27. The van der Waals surface area contributed by atoms with Crippen LogP contribution in [0.3, 0.4) is 0 Å². The number of benzene rings is 1. The van der Waals surface area contributed by atoms with E-state index >= 15 is 0 Å². The Morgan fingerprint density at radius 2 is 1.07 bits per heavy atom. The molecular formula is C33H53N9O12. The molecule has 0 fully saturated rings. The molecule has 6 atom stereocenters. The van der Waals surface area contributed by atoms with E-state index in [-0.39, 0.29) is 25.8 Å². The second kappa shape index (κ2) is 25.7. The fraction of sp³-hybridized carbons (Fsp3) is 0.576. The van der Waals surface area contributed by atoms with E-state index in [0.717, 1.165) is 0 Å². The average Bonchev–Trinajstić information content (AvgIpc) is 3.13. The minimum atomic E-state index is -1.63. The number of carboxylic acids is 2. The van der Waals surface area contributed by atoms with E-state index in [1.807, 2.05) is 0 Å². The number of carbonyl (C=O) groups is 8. The van der Waals surface area contributed by atoms with E-state index in [9.17, 15) is 53.7 Å². The molecule has 0 spiro atoms. The summed E-state index contributed by atoms with van der Waals surface area (Å²) in [6.45, 7) is -2.01.